The molecule has 2 aliphatic heterocycles. The van der Waals surface area contributed by atoms with E-state index in [9.17, 15) is 4.79 Å². The molecule has 0 atom stereocenters. The molecule has 4 heteroatoms. The molecular weight excluding hydrogens is 256 g/mol. The smallest absolute Gasteiger partial charge is 0.228 e. The Kier molecular flexibility index (Phi) is 3.63. The van der Waals surface area contributed by atoms with Gasteiger partial charge in [0, 0.05) is 19.6 Å². The number of hydrogen-bond donors (Lipinski definition) is 0. The van der Waals surface area contributed by atoms with Crippen LogP contribution in [0.2, 0.25) is 0 Å². The molecule has 1 spiro atoms. The third-order valence-corrected chi connectivity index (χ3v) is 5.51. The summed E-state index contributed by atoms with van der Waals surface area (Å²) in [6.07, 6.45) is 3.17. The van der Waals surface area contributed by atoms with Crippen LogP contribution in [0.5, 0.6) is 0 Å². The van der Waals surface area contributed by atoms with Gasteiger partial charge in [0.05, 0.1) is 5.41 Å². The fourth-order valence-corrected chi connectivity index (χ4v) is 4.10. The number of carbonyl (C=O) groups excluding carboxylic acids is 1. The van der Waals surface area contributed by atoms with Gasteiger partial charge in [0.1, 0.15) is 0 Å². The molecule has 1 amide bonds. The fraction of sp³-hybridized carbons (Fsp3) is 0.667. The Labute approximate surface area is 119 Å². The zero-order valence-corrected chi connectivity index (χ0v) is 12.4. The number of nitrogens with zero attached hydrogens (tertiary/aromatic N) is 2. The van der Waals surface area contributed by atoms with Gasteiger partial charge in [-0.15, -0.1) is 0 Å². The number of hydrogen-bond acceptors (Lipinski definition) is 3. The maximum Gasteiger partial charge on any atom is 0.228 e. The van der Waals surface area contributed by atoms with Crippen LogP contribution in [0.4, 0.5) is 0 Å². The molecule has 3 rings (SSSR count). The zero-order chi connectivity index (χ0) is 13.3. The fourth-order valence-electron chi connectivity index (χ4n) is 3.44. The van der Waals surface area contributed by atoms with E-state index in [1.54, 1.807) is 11.3 Å². The first-order chi connectivity index (χ1) is 9.23. The molecule has 3 nitrogen and oxygen atoms in total. The zero-order valence-electron chi connectivity index (χ0n) is 11.6. The summed E-state index contributed by atoms with van der Waals surface area (Å²) in [6, 6.07) is 2.20. The molecule has 104 valence electrons. The Morgan fingerprint density at radius 3 is 2.58 bits per heavy atom. The Balaban J connectivity index is 1.59. The van der Waals surface area contributed by atoms with E-state index in [4.69, 9.17) is 0 Å². The predicted molar refractivity (Wildman–Crippen MR) is 78.1 cm³/mol. The van der Waals surface area contributed by atoms with Crippen LogP contribution in [0.1, 0.15) is 31.7 Å². The highest BCUT2D eigenvalue weighted by Gasteiger charge is 2.47. The lowest BCUT2D eigenvalue weighted by Gasteiger charge is -2.37. The summed E-state index contributed by atoms with van der Waals surface area (Å²) >= 11 is 1.76. The van der Waals surface area contributed by atoms with Gasteiger partial charge in [-0.3, -0.25) is 9.69 Å². The molecule has 2 saturated heterocycles. The topological polar surface area (TPSA) is 23.6 Å². The quantitative estimate of drug-likeness (QED) is 0.848. The number of rotatable bonds is 3. The van der Waals surface area contributed by atoms with Crippen LogP contribution in [-0.2, 0) is 11.3 Å². The second-order valence-electron chi connectivity index (χ2n) is 5.82. The minimum atomic E-state index is -0.0127. The van der Waals surface area contributed by atoms with Crippen LogP contribution in [0.15, 0.2) is 16.8 Å². The molecular formula is C15H22N2OS. The average Bonchev–Trinajstić information content (AvgIpc) is 3.03. The van der Waals surface area contributed by atoms with Crippen molar-refractivity contribution in [2.45, 2.75) is 32.7 Å². The molecule has 3 heterocycles. The van der Waals surface area contributed by atoms with Crippen molar-refractivity contribution in [3.63, 3.8) is 0 Å². The van der Waals surface area contributed by atoms with Crippen LogP contribution in [0.25, 0.3) is 0 Å². The number of likely N-dealkylation sites (tertiary alicyclic amines) is 2. The van der Waals surface area contributed by atoms with Gasteiger partial charge in [0.15, 0.2) is 0 Å². The molecule has 0 bridgehead atoms. The maximum atomic E-state index is 12.4. The summed E-state index contributed by atoms with van der Waals surface area (Å²) in [7, 11) is 0. The number of piperidine rings is 1. The van der Waals surface area contributed by atoms with E-state index in [1.807, 2.05) is 4.90 Å². The molecule has 0 unspecified atom stereocenters. The van der Waals surface area contributed by atoms with Crippen molar-refractivity contribution in [3.8, 4) is 0 Å². The van der Waals surface area contributed by atoms with Crippen LogP contribution in [0, 0.1) is 5.41 Å². The summed E-state index contributed by atoms with van der Waals surface area (Å²) in [6.45, 7) is 7.12. The molecule has 19 heavy (non-hydrogen) atoms. The van der Waals surface area contributed by atoms with E-state index < -0.39 is 0 Å². The second kappa shape index (κ2) is 5.25. The van der Waals surface area contributed by atoms with E-state index in [0.29, 0.717) is 5.91 Å². The summed E-state index contributed by atoms with van der Waals surface area (Å²) in [4.78, 5) is 17.0. The van der Waals surface area contributed by atoms with Crippen LogP contribution >= 0.6 is 11.3 Å². The normalized spacial score (nSPS) is 23.4. The van der Waals surface area contributed by atoms with Gasteiger partial charge < -0.3 is 4.90 Å². The first kappa shape index (κ1) is 13.1. The standard InChI is InChI=1S/C15H22N2OS/c1-2-17-9-6-15(14(17)18)4-7-16(8-5-15)11-13-3-10-19-12-13/h3,10,12H,2,4-9,11H2,1H3. The van der Waals surface area contributed by atoms with Gasteiger partial charge in [-0.1, -0.05) is 0 Å². The van der Waals surface area contributed by atoms with E-state index in [2.05, 4.69) is 28.7 Å². The largest absolute Gasteiger partial charge is 0.342 e. The minimum Gasteiger partial charge on any atom is -0.342 e. The molecule has 1 aromatic rings. The average molecular weight is 278 g/mol. The summed E-state index contributed by atoms with van der Waals surface area (Å²) in [5.41, 5.74) is 1.40. The molecule has 0 aromatic carbocycles. The lowest BCUT2D eigenvalue weighted by atomic mass is 9.77. The van der Waals surface area contributed by atoms with Crippen LogP contribution < -0.4 is 0 Å². The Hall–Kier alpha value is -0.870. The van der Waals surface area contributed by atoms with E-state index in [0.717, 1.165) is 52.0 Å². The van der Waals surface area contributed by atoms with Gasteiger partial charge in [-0.25, -0.2) is 0 Å². The van der Waals surface area contributed by atoms with Gasteiger partial charge in [0.25, 0.3) is 0 Å². The van der Waals surface area contributed by atoms with Crippen LogP contribution in [-0.4, -0.2) is 41.9 Å². The van der Waals surface area contributed by atoms with Gasteiger partial charge >= 0.3 is 0 Å². The lowest BCUT2D eigenvalue weighted by Crippen LogP contribution is -2.44. The molecule has 2 fully saturated rings. The molecule has 2 aliphatic rings. The monoisotopic (exact) mass is 278 g/mol. The summed E-state index contributed by atoms with van der Waals surface area (Å²) in [5, 5.41) is 4.37. The number of amides is 1. The highest BCUT2D eigenvalue weighted by Crippen LogP contribution is 2.41. The second-order valence-corrected chi connectivity index (χ2v) is 6.60. The maximum absolute atomic E-state index is 12.4. The number of thiophene rings is 1. The van der Waals surface area contributed by atoms with E-state index >= 15 is 0 Å². The van der Waals surface area contributed by atoms with Crippen LogP contribution in [0.3, 0.4) is 0 Å². The van der Waals surface area contributed by atoms with E-state index in [-0.39, 0.29) is 5.41 Å². The van der Waals surface area contributed by atoms with Crippen molar-refractivity contribution in [1.82, 2.24) is 9.80 Å². The van der Waals surface area contributed by atoms with Gasteiger partial charge in [-0.05, 0) is 61.7 Å². The SMILES string of the molecule is CCN1CCC2(CCN(Cc3ccsc3)CC2)C1=O. The van der Waals surface area contributed by atoms with Gasteiger partial charge in [0.2, 0.25) is 5.91 Å². The summed E-state index contributed by atoms with van der Waals surface area (Å²) < 4.78 is 0. The molecule has 0 N–H and O–H groups in total. The Morgan fingerprint density at radius 1 is 1.26 bits per heavy atom. The van der Waals surface area contributed by atoms with Crippen molar-refractivity contribution < 1.29 is 4.79 Å². The predicted octanol–water partition coefficient (Wildman–Crippen LogP) is 2.58. The van der Waals surface area contributed by atoms with Crippen molar-refractivity contribution >= 4 is 17.2 Å². The molecule has 0 aliphatic carbocycles. The van der Waals surface area contributed by atoms with Crippen molar-refractivity contribution in [2.75, 3.05) is 26.2 Å². The first-order valence-corrected chi connectivity index (χ1v) is 8.21. The van der Waals surface area contributed by atoms with Crippen molar-refractivity contribution in [1.29, 1.82) is 0 Å². The summed E-state index contributed by atoms with van der Waals surface area (Å²) in [5.74, 6) is 0.421. The van der Waals surface area contributed by atoms with Crippen molar-refractivity contribution in [2.24, 2.45) is 5.41 Å². The molecule has 0 radical (unpaired) electrons. The molecule has 0 saturated carbocycles. The Morgan fingerprint density at radius 2 is 2.00 bits per heavy atom. The third kappa shape index (κ3) is 2.43. The van der Waals surface area contributed by atoms with Crippen molar-refractivity contribution in [3.05, 3.63) is 22.4 Å². The highest BCUT2D eigenvalue weighted by atomic mass is 32.1. The highest BCUT2D eigenvalue weighted by molar-refractivity contribution is 7.07. The first-order valence-electron chi connectivity index (χ1n) is 7.26. The van der Waals surface area contributed by atoms with Gasteiger partial charge in [-0.2, -0.15) is 11.3 Å². The van der Waals surface area contributed by atoms with E-state index in [1.165, 1.54) is 5.56 Å². The molecule has 1 aromatic heterocycles. The third-order valence-electron chi connectivity index (χ3n) is 4.78. The minimum absolute atomic E-state index is 0.0127. The Bertz CT molecular complexity index is 435. The number of carbonyl (C=O) groups is 1. The lowest BCUT2D eigenvalue weighted by molar-refractivity contribution is -0.138.